The predicted octanol–water partition coefficient (Wildman–Crippen LogP) is 1.94. The van der Waals surface area contributed by atoms with Crippen molar-refractivity contribution in [2.75, 3.05) is 25.0 Å². The van der Waals surface area contributed by atoms with Crippen LogP contribution in [0.25, 0.3) is 16.9 Å². The van der Waals surface area contributed by atoms with Gasteiger partial charge >= 0.3 is 6.18 Å². The highest BCUT2D eigenvalue weighted by atomic mass is 19.4. The number of fused-ring (bicyclic) bond motifs is 1. The van der Waals surface area contributed by atoms with Crippen LogP contribution >= 0.6 is 0 Å². The molecule has 0 saturated carbocycles. The summed E-state index contributed by atoms with van der Waals surface area (Å²) in [6, 6.07) is 6.27. The minimum atomic E-state index is -4.75. The van der Waals surface area contributed by atoms with Crippen molar-refractivity contribution < 1.29 is 32.3 Å². The molecular weight excluding hydrogens is 597 g/mol. The Labute approximate surface area is 253 Å². The number of halogens is 3. The van der Waals surface area contributed by atoms with Gasteiger partial charge in [0.1, 0.15) is 12.6 Å². The van der Waals surface area contributed by atoms with Gasteiger partial charge in [0.25, 0.3) is 12.4 Å². The third-order valence-corrected chi connectivity index (χ3v) is 7.07. The molecule has 3 aromatic heterocycles. The fourth-order valence-corrected chi connectivity index (χ4v) is 4.98. The number of amides is 2. The number of hydrogen-bond acceptors (Lipinski definition) is 10. The molecule has 2 atom stereocenters. The van der Waals surface area contributed by atoms with E-state index in [2.05, 4.69) is 36.3 Å². The van der Waals surface area contributed by atoms with Crippen LogP contribution in [0.15, 0.2) is 43.0 Å². The van der Waals surface area contributed by atoms with Crippen LogP contribution < -0.4 is 21.3 Å². The lowest BCUT2D eigenvalue weighted by Crippen LogP contribution is -2.43. The van der Waals surface area contributed by atoms with Crippen LogP contribution in [0.3, 0.4) is 0 Å². The molecule has 0 spiro atoms. The molecule has 2 amide bonds. The van der Waals surface area contributed by atoms with E-state index < -0.39 is 17.9 Å². The van der Waals surface area contributed by atoms with Crippen LogP contribution in [0.2, 0.25) is 0 Å². The van der Waals surface area contributed by atoms with E-state index in [1.807, 2.05) is 0 Å². The van der Waals surface area contributed by atoms with Crippen LogP contribution in [-0.4, -0.2) is 74.2 Å². The SMILES string of the molecule is Cc1cc(Nc2nccn3c(-c4cn(CC#N)nc4C(F)(F)F)cnc23)ccc1C(=O)NCCNC(=O)[C@@H]1C[C@@H](OC=O)CN1. The lowest BCUT2D eigenvalue weighted by atomic mass is 10.1. The van der Waals surface area contributed by atoms with E-state index in [1.54, 1.807) is 31.2 Å². The number of aryl methyl sites for hydroxylation is 1. The number of benzene rings is 1. The summed E-state index contributed by atoms with van der Waals surface area (Å²) in [4.78, 5) is 44.1. The Kier molecular flexibility index (Phi) is 8.95. The maximum absolute atomic E-state index is 13.7. The molecule has 0 radical (unpaired) electrons. The summed E-state index contributed by atoms with van der Waals surface area (Å²) in [6.07, 6.45) is 0.566. The normalized spacial score (nSPS) is 16.2. The van der Waals surface area contributed by atoms with Gasteiger partial charge in [0, 0.05) is 55.9 Å². The zero-order chi connectivity index (χ0) is 32.1. The van der Waals surface area contributed by atoms with Gasteiger partial charge in [0.2, 0.25) is 5.91 Å². The molecule has 0 aliphatic carbocycles. The summed E-state index contributed by atoms with van der Waals surface area (Å²) in [5, 5.41) is 24.0. The van der Waals surface area contributed by atoms with E-state index in [9.17, 15) is 27.6 Å². The van der Waals surface area contributed by atoms with Crippen LogP contribution in [0.1, 0.15) is 28.0 Å². The standard InChI is InChI=1S/C28H27F3N10O4/c1-16-10-17(2-3-19(16)26(43)34-5-6-35-27(44)21-11-18(12-36-21)45-15-42)38-24-25-37-13-22(41(25)9-7-33-24)20-14-40(8-4-32)39-23(20)28(29,30)31/h2-3,7,9-10,13-15,18,21,36H,5-6,8,11-12H2,1H3,(H,33,38)(H,34,43)(H,35,44)/t18-,21+/m1/s1. The number of anilines is 2. The smallest absolute Gasteiger partial charge is 0.435 e. The van der Waals surface area contributed by atoms with E-state index in [0.717, 1.165) is 10.9 Å². The van der Waals surface area contributed by atoms with Gasteiger partial charge in [0.05, 0.1) is 29.6 Å². The predicted molar refractivity (Wildman–Crippen MR) is 152 cm³/mol. The molecule has 1 aromatic carbocycles. The molecule has 1 aliphatic heterocycles. The molecule has 234 valence electrons. The fourth-order valence-electron chi connectivity index (χ4n) is 4.98. The molecular formula is C28H27F3N10O4. The van der Waals surface area contributed by atoms with Crippen molar-refractivity contribution >= 4 is 35.4 Å². The Bertz CT molecular complexity index is 1780. The summed E-state index contributed by atoms with van der Waals surface area (Å²) >= 11 is 0. The largest absolute Gasteiger partial charge is 0.463 e. The Hall–Kier alpha value is -5.50. The van der Waals surface area contributed by atoms with Crippen LogP contribution in [0, 0.1) is 18.3 Å². The summed E-state index contributed by atoms with van der Waals surface area (Å²) in [5.74, 6) is -0.340. The first-order chi connectivity index (χ1) is 21.6. The van der Waals surface area contributed by atoms with Crippen LogP contribution in [0.4, 0.5) is 24.7 Å². The Balaban J connectivity index is 1.23. The maximum Gasteiger partial charge on any atom is 0.435 e. The molecule has 5 rings (SSSR count). The Morgan fingerprint density at radius 3 is 2.78 bits per heavy atom. The number of nitrogens with one attached hydrogen (secondary N) is 4. The van der Waals surface area contributed by atoms with Crippen molar-refractivity contribution in [3.63, 3.8) is 0 Å². The monoisotopic (exact) mass is 624 g/mol. The Morgan fingerprint density at radius 1 is 1.24 bits per heavy atom. The van der Waals surface area contributed by atoms with E-state index in [4.69, 9.17) is 10.00 Å². The second kappa shape index (κ2) is 13.0. The Morgan fingerprint density at radius 2 is 2.04 bits per heavy atom. The number of imidazole rings is 1. The van der Waals surface area contributed by atoms with Gasteiger partial charge in [-0.05, 0) is 30.7 Å². The zero-order valence-electron chi connectivity index (χ0n) is 23.8. The van der Waals surface area contributed by atoms with E-state index in [0.29, 0.717) is 36.3 Å². The molecule has 1 saturated heterocycles. The number of nitrogens with zero attached hydrogens (tertiary/aromatic N) is 6. The van der Waals surface area contributed by atoms with Crippen molar-refractivity contribution in [3.8, 4) is 17.3 Å². The van der Waals surface area contributed by atoms with Gasteiger partial charge in [-0.15, -0.1) is 0 Å². The van der Waals surface area contributed by atoms with Crippen molar-refractivity contribution in [2.45, 2.75) is 38.2 Å². The lowest BCUT2D eigenvalue weighted by Gasteiger charge is -2.13. The van der Waals surface area contributed by atoms with Crippen LogP contribution in [0.5, 0.6) is 0 Å². The van der Waals surface area contributed by atoms with E-state index >= 15 is 0 Å². The second-order valence-electron chi connectivity index (χ2n) is 10.1. The second-order valence-corrected chi connectivity index (χ2v) is 10.1. The maximum atomic E-state index is 13.7. The van der Waals surface area contributed by atoms with Gasteiger partial charge in [0.15, 0.2) is 17.2 Å². The van der Waals surface area contributed by atoms with Gasteiger partial charge in [-0.25, -0.2) is 9.97 Å². The fraction of sp³-hybridized carbons (Fsp3) is 0.321. The first-order valence-electron chi connectivity index (χ1n) is 13.7. The van der Waals surface area contributed by atoms with Crippen molar-refractivity contribution in [1.29, 1.82) is 5.26 Å². The number of ether oxygens (including phenoxy) is 1. The molecule has 4 N–H and O–H groups in total. The summed E-state index contributed by atoms with van der Waals surface area (Å²) in [7, 11) is 0. The van der Waals surface area contributed by atoms with E-state index in [-0.39, 0.29) is 60.3 Å². The molecule has 0 unspecified atom stereocenters. The quantitative estimate of drug-likeness (QED) is 0.142. The molecule has 14 nitrogen and oxygen atoms in total. The van der Waals surface area contributed by atoms with Crippen molar-refractivity contribution in [3.05, 3.63) is 59.8 Å². The highest BCUT2D eigenvalue weighted by molar-refractivity contribution is 5.96. The highest BCUT2D eigenvalue weighted by Gasteiger charge is 2.38. The molecule has 4 heterocycles. The minimum Gasteiger partial charge on any atom is -0.463 e. The number of hydrogen-bond donors (Lipinski definition) is 4. The van der Waals surface area contributed by atoms with Crippen LogP contribution in [-0.2, 0) is 27.0 Å². The molecule has 45 heavy (non-hydrogen) atoms. The molecule has 4 aromatic rings. The molecule has 0 bridgehead atoms. The molecule has 17 heteroatoms. The first-order valence-corrected chi connectivity index (χ1v) is 13.7. The number of carbonyl (C=O) groups excluding carboxylic acids is 3. The topological polar surface area (TPSA) is 180 Å². The third kappa shape index (κ3) is 6.86. The van der Waals surface area contributed by atoms with Gasteiger partial charge in [-0.3, -0.25) is 23.5 Å². The van der Waals surface area contributed by atoms with E-state index in [1.165, 1.54) is 23.0 Å². The molecule has 1 fully saturated rings. The molecule has 1 aliphatic rings. The summed E-state index contributed by atoms with van der Waals surface area (Å²) in [5.41, 5.74) is 0.580. The number of nitriles is 1. The number of alkyl halides is 3. The average Bonchev–Trinajstić information content (AvgIpc) is 3.74. The minimum absolute atomic E-state index is 0.113. The summed E-state index contributed by atoms with van der Waals surface area (Å²) < 4.78 is 48.4. The van der Waals surface area contributed by atoms with Gasteiger partial charge < -0.3 is 26.0 Å². The zero-order valence-corrected chi connectivity index (χ0v) is 23.8. The van der Waals surface area contributed by atoms with Crippen molar-refractivity contribution in [2.24, 2.45) is 0 Å². The number of rotatable bonds is 11. The van der Waals surface area contributed by atoms with Crippen molar-refractivity contribution in [1.82, 2.24) is 40.1 Å². The van der Waals surface area contributed by atoms with Gasteiger partial charge in [-0.1, -0.05) is 0 Å². The summed E-state index contributed by atoms with van der Waals surface area (Å²) in [6.45, 7) is 2.53. The highest BCUT2D eigenvalue weighted by Crippen LogP contribution is 2.37. The average molecular weight is 625 g/mol. The number of aromatic nitrogens is 5. The van der Waals surface area contributed by atoms with Gasteiger partial charge in [-0.2, -0.15) is 23.5 Å². The lowest BCUT2D eigenvalue weighted by molar-refractivity contribution is -0.141. The number of carbonyl (C=O) groups is 3. The first kappa shape index (κ1) is 30.9. The third-order valence-electron chi connectivity index (χ3n) is 7.07.